The predicted octanol–water partition coefficient (Wildman–Crippen LogP) is -14.6. The Bertz CT molecular complexity index is 1750. The van der Waals surface area contributed by atoms with Crippen molar-refractivity contribution in [1.29, 1.82) is 0 Å². The monoisotopic (exact) mass is 1110 g/mol. The fourth-order valence-electron chi connectivity index (χ4n) is 9.50. The van der Waals surface area contributed by atoms with Crippen LogP contribution in [0.2, 0.25) is 0 Å². The van der Waals surface area contributed by atoms with E-state index in [0.29, 0.717) is 0 Å². The number of ether oxygens (including phenoxy) is 13. The zero-order chi connectivity index (χ0) is 55.1. The molecule has 7 aliphatic rings. The molecule has 7 rings (SSSR count). The van der Waals surface area contributed by atoms with Gasteiger partial charge in [0, 0.05) is 0 Å². The second kappa shape index (κ2) is 26.0. The Morgan fingerprint density at radius 2 is 0.707 bits per heavy atom. The third kappa shape index (κ3) is 12.7. The van der Waals surface area contributed by atoms with Gasteiger partial charge in [0.15, 0.2) is 44.0 Å². The maximum atomic E-state index is 11.9. The maximum Gasteiger partial charge on any atom is 0.187 e. The summed E-state index contributed by atoms with van der Waals surface area (Å²) >= 11 is 0. The summed E-state index contributed by atoms with van der Waals surface area (Å²) in [5.74, 6) is 0. The van der Waals surface area contributed by atoms with Gasteiger partial charge in [-0.3, -0.25) is 0 Å². The summed E-state index contributed by atoms with van der Waals surface area (Å²) in [6, 6.07) is 0. The number of hydrogen-bond donors (Lipinski definition) is 21. The molecule has 7 fully saturated rings. The molecule has 0 spiro atoms. The second-order valence-electron chi connectivity index (χ2n) is 19.1. The van der Waals surface area contributed by atoms with E-state index in [1.807, 2.05) is 0 Å². The molecule has 0 aromatic heterocycles. The standard InChI is InChI=1S/C41H70O34/c1-8-15(47)22(54)26(58)36(65-8)75-34-32(21(53)13(5-45)70-41(34)74-33-16(48)9(46)6-63-40(33)64-7-14-18(50)23(55)25(57)35(62)66-14)73-39-29(61)31(20(52)12(4-44)69-39)72-38-28(60)30(19(51)11(3-43)68-38)71-37-27(59)24(56)17(49)10(2-42)67-37/h8-62H,2-7H2,1H3/t8-,9-,10+,11+,12+,13+,14+,15-,16-,17+,18+,19-,20+,21+,22+,23-,24-,25+,26+,27+,28+,29+,30-,31-,32-,33+,34+,35+,36-,37-,38-,39-,40-,41-/m0/s1. The van der Waals surface area contributed by atoms with Crippen LogP contribution in [-0.4, -0.2) is 356 Å². The fraction of sp³-hybridized carbons (Fsp3) is 1.00. The van der Waals surface area contributed by atoms with Gasteiger partial charge in [0.1, 0.15) is 159 Å². The molecule has 0 aromatic rings. The van der Waals surface area contributed by atoms with Gasteiger partial charge in [-0.15, -0.1) is 0 Å². The van der Waals surface area contributed by atoms with Crippen molar-refractivity contribution in [2.45, 2.75) is 216 Å². The molecular formula is C41H70O34. The molecular weight excluding hydrogens is 1040 g/mol. The van der Waals surface area contributed by atoms with Crippen molar-refractivity contribution in [3.63, 3.8) is 0 Å². The Morgan fingerprint density at radius 3 is 1.23 bits per heavy atom. The first kappa shape index (κ1) is 61.3. The van der Waals surface area contributed by atoms with E-state index >= 15 is 0 Å². The SMILES string of the molecule is C[C@@H]1O[C@@H](O[C@H]2[C@H](O[C@H]3[C@H](OC[C@H]4O[C@@H](O)[C@H](O)[C@@H](O)[C@@H]4O)OC[C@H](O)[C@@H]3O)O[C@H](CO)[C@@H](O)[C@@H]2O[C@@H]2O[C@H](CO)[C@@H](O)[C@H](O[C@@H]3O[C@H](CO)[C@H](O)[C@H](O[C@@H]4O[C@H](CO)[C@@H](O)[C@H](O)[C@H]4O)[C@H]3O)[C@H]2O)[C@H](O)[C@H](O)[C@H]1O. The van der Waals surface area contributed by atoms with Gasteiger partial charge in [-0.25, -0.2) is 0 Å². The molecule has 0 radical (unpaired) electrons. The molecule has 7 heterocycles. The van der Waals surface area contributed by atoms with E-state index in [2.05, 4.69) is 0 Å². The summed E-state index contributed by atoms with van der Waals surface area (Å²) in [4.78, 5) is 0. The van der Waals surface area contributed by atoms with Crippen molar-refractivity contribution in [3.8, 4) is 0 Å². The average Bonchev–Trinajstić information content (AvgIpc) is 3.39. The van der Waals surface area contributed by atoms with Gasteiger partial charge in [0.25, 0.3) is 0 Å². The number of aliphatic hydroxyl groups excluding tert-OH is 21. The van der Waals surface area contributed by atoms with Gasteiger partial charge < -0.3 is 169 Å². The third-order valence-corrected chi connectivity index (χ3v) is 14.1. The molecule has 0 unspecified atom stereocenters. The largest absolute Gasteiger partial charge is 0.394 e. The summed E-state index contributed by atoms with van der Waals surface area (Å²) < 4.78 is 74.1. The summed E-state index contributed by atoms with van der Waals surface area (Å²) in [5.41, 5.74) is 0. The molecule has 0 bridgehead atoms. The van der Waals surface area contributed by atoms with Crippen molar-refractivity contribution >= 4 is 0 Å². The average molecular weight is 1110 g/mol. The van der Waals surface area contributed by atoms with E-state index in [1.165, 1.54) is 6.92 Å². The molecule has 21 N–H and O–H groups in total. The van der Waals surface area contributed by atoms with Gasteiger partial charge in [-0.2, -0.15) is 0 Å². The molecule has 0 amide bonds. The van der Waals surface area contributed by atoms with Gasteiger partial charge in [0.05, 0.1) is 45.7 Å². The minimum Gasteiger partial charge on any atom is -0.394 e. The third-order valence-electron chi connectivity index (χ3n) is 14.1. The normalized spacial score (nSPS) is 54.2. The topological polar surface area (TPSA) is 545 Å². The quantitative estimate of drug-likeness (QED) is 0.0643. The van der Waals surface area contributed by atoms with E-state index in [9.17, 15) is 107 Å². The van der Waals surface area contributed by atoms with Crippen LogP contribution in [0.5, 0.6) is 0 Å². The fourth-order valence-corrected chi connectivity index (χ4v) is 9.50. The van der Waals surface area contributed by atoms with Crippen LogP contribution in [-0.2, 0) is 61.6 Å². The minimum atomic E-state index is -2.34. The summed E-state index contributed by atoms with van der Waals surface area (Å²) in [5, 5.41) is 224. The van der Waals surface area contributed by atoms with Gasteiger partial charge in [-0.05, 0) is 6.92 Å². The van der Waals surface area contributed by atoms with E-state index in [4.69, 9.17) is 61.6 Å². The second-order valence-corrected chi connectivity index (χ2v) is 19.1. The molecule has 438 valence electrons. The molecule has 34 atom stereocenters. The van der Waals surface area contributed by atoms with E-state index in [-0.39, 0.29) is 0 Å². The van der Waals surface area contributed by atoms with E-state index in [0.717, 1.165) is 0 Å². The van der Waals surface area contributed by atoms with Crippen LogP contribution in [0, 0.1) is 0 Å². The highest BCUT2D eigenvalue weighted by molar-refractivity contribution is 5.00. The van der Waals surface area contributed by atoms with Crippen LogP contribution in [0.3, 0.4) is 0 Å². The van der Waals surface area contributed by atoms with Gasteiger partial charge in [0.2, 0.25) is 0 Å². The Morgan fingerprint density at radius 1 is 0.320 bits per heavy atom. The van der Waals surface area contributed by atoms with Crippen LogP contribution >= 0.6 is 0 Å². The molecule has 34 heteroatoms. The molecule has 0 saturated carbocycles. The lowest BCUT2D eigenvalue weighted by Crippen LogP contribution is -2.69. The molecule has 7 aliphatic heterocycles. The predicted molar refractivity (Wildman–Crippen MR) is 224 cm³/mol. The van der Waals surface area contributed by atoms with Gasteiger partial charge in [-0.1, -0.05) is 0 Å². The summed E-state index contributed by atoms with van der Waals surface area (Å²) in [7, 11) is 0. The number of rotatable bonds is 17. The van der Waals surface area contributed by atoms with Crippen molar-refractivity contribution < 1.29 is 169 Å². The van der Waals surface area contributed by atoms with Gasteiger partial charge >= 0.3 is 0 Å². The molecule has 7 saturated heterocycles. The highest BCUT2D eigenvalue weighted by atomic mass is 16.8. The minimum absolute atomic E-state index is 0.632. The molecule has 75 heavy (non-hydrogen) atoms. The summed E-state index contributed by atoms with van der Waals surface area (Å²) in [6.07, 6.45) is -66.2. The lowest BCUT2D eigenvalue weighted by Gasteiger charge is -2.51. The van der Waals surface area contributed by atoms with Crippen molar-refractivity contribution in [2.75, 3.05) is 39.6 Å². The Hall–Kier alpha value is -1.36. The molecule has 0 aliphatic carbocycles. The van der Waals surface area contributed by atoms with E-state index < -0.39 is 248 Å². The van der Waals surface area contributed by atoms with Crippen molar-refractivity contribution in [3.05, 3.63) is 0 Å². The first-order chi connectivity index (χ1) is 35.5. The highest BCUT2D eigenvalue weighted by Gasteiger charge is 2.58. The van der Waals surface area contributed by atoms with Crippen molar-refractivity contribution in [1.82, 2.24) is 0 Å². The summed E-state index contributed by atoms with van der Waals surface area (Å²) in [6.45, 7) is -4.22. The smallest absolute Gasteiger partial charge is 0.187 e. The zero-order valence-electron chi connectivity index (χ0n) is 39.6. The highest BCUT2D eigenvalue weighted by Crippen LogP contribution is 2.38. The Labute approximate surface area is 423 Å². The van der Waals surface area contributed by atoms with Crippen LogP contribution < -0.4 is 0 Å². The van der Waals surface area contributed by atoms with Crippen LogP contribution in [0.25, 0.3) is 0 Å². The van der Waals surface area contributed by atoms with E-state index in [1.54, 1.807) is 0 Å². The van der Waals surface area contributed by atoms with Crippen LogP contribution in [0.1, 0.15) is 6.92 Å². The lowest BCUT2D eigenvalue weighted by molar-refractivity contribution is -0.411. The molecule has 34 nitrogen and oxygen atoms in total. The van der Waals surface area contributed by atoms with Crippen molar-refractivity contribution in [2.24, 2.45) is 0 Å². The molecule has 0 aromatic carbocycles. The number of aliphatic hydroxyl groups is 21. The maximum absolute atomic E-state index is 11.9. The zero-order valence-corrected chi connectivity index (χ0v) is 39.6. The Kier molecular flexibility index (Phi) is 21.3. The Balaban J connectivity index is 1.16. The van der Waals surface area contributed by atoms with Crippen LogP contribution in [0.4, 0.5) is 0 Å². The first-order valence-corrected chi connectivity index (χ1v) is 23.9. The first-order valence-electron chi connectivity index (χ1n) is 23.9. The lowest BCUT2D eigenvalue weighted by atomic mass is 9.95. The van der Waals surface area contributed by atoms with Crippen LogP contribution in [0.15, 0.2) is 0 Å². The number of hydrogen-bond acceptors (Lipinski definition) is 34.